The summed E-state index contributed by atoms with van der Waals surface area (Å²) in [5, 5.41) is 1.12. The molecule has 6 atom stereocenters. The van der Waals surface area contributed by atoms with Crippen LogP contribution in [0.5, 0.6) is 0 Å². The number of rotatable bonds is 5. The number of amides is 2. The monoisotopic (exact) mass is 496 g/mol. The third-order valence-corrected chi connectivity index (χ3v) is 10.1. The average molecular weight is 497 g/mol. The maximum atomic E-state index is 13.5. The van der Waals surface area contributed by atoms with Crippen LogP contribution >= 0.6 is 11.5 Å². The second-order valence-electron chi connectivity index (χ2n) is 11.1. The minimum absolute atomic E-state index is 0.206. The topological polar surface area (TPSA) is 56.8 Å². The largest absolute Gasteiger partial charge is 0.353 e. The van der Waals surface area contributed by atoms with E-state index in [4.69, 9.17) is 0 Å². The van der Waals surface area contributed by atoms with E-state index in [0.717, 1.165) is 52.9 Å². The molecule has 1 aromatic heterocycles. The highest BCUT2D eigenvalue weighted by Gasteiger charge is 2.61. The first-order valence-corrected chi connectivity index (χ1v) is 14.2. The van der Waals surface area contributed by atoms with Crippen molar-refractivity contribution in [2.45, 2.75) is 44.9 Å². The lowest BCUT2D eigenvalue weighted by atomic mass is 9.78. The van der Waals surface area contributed by atoms with Gasteiger partial charge in [0.05, 0.1) is 19.3 Å². The van der Waals surface area contributed by atoms with Crippen molar-refractivity contribution in [2.75, 3.05) is 44.1 Å². The van der Waals surface area contributed by atoms with Gasteiger partial charge in [-0.2, -0.15) is 4.37 Å². The summed E-state index contributed by atoms with van der Waals surface area (Å²) in [6, 6.07) is 8.17. The number of carbonyl (C=O) groups excluding carboxylic acids is 2. The van der Waals surface area contributed by atoms with E-state index in [1.807, 2.05) is 17.0 Å². The number of aromatic nitrogens is 1. The maximum Gasteiger partial charge on any atom is 0.233 e. The van der Waals surface area contributed by atoms with Gasteiger partial charge in [0.2, 0.25) is 11.8 Å². The van der Waals surface area contributed by atoms with Gasteiger partial charge >= 0.3 is 0 Å². The highest BCUT2D eigenvalue weighted by Crippen LogP contribution is 2.56. The minimum atomic E-state index is -2.18. The van der Waals surface area contributed by atoms with E-state index in [1.165, 1.54) is 11.5 Å². The molecule has 2 aromatic rings. The Bertz CT molecular complexity index is 1270. The van der Waals surface area contributed by atoms with E-state index in [2.05, 4.69) is 21.4 Å². The van der Waals surface area contributed by atoms with Crippen molar-refractivity contribution in [3.8, 4) is 0 Å². The Kier molecular flexibility index (Phi) is 4.62. The number of hydrogen-bond acceptors (Lipinski definition) is 6. The van der Waals surface area contributed by atoms with Gasteiger partial charge in [0.15, 0.2) is 0 Å². The Morgan fingerprint density at radius 2 is 1.54 bits per heavy atom. The Labute approximate surface area is 217 Å². The molecule has 2 bridgehead atoms. The summed E-state index contributed by atoms with van der Waals surface area (Å²) < 4.78 is 42.7. The molecule has 5 aliphatic rings. The van der Waals surface area contributed by atoms with Crippen LogP contribution in [-0.2, 0) is 9.59 Å². The summed E-state index contributed by atoms with van der Waals surface area (Å²) in [6.45, 7) is -1.60. The fraction of sp³-hybridized carbons (Fsp3) is 0.679. The molecule has 0 radical (unpaired) electrons. The highest BCUT2D eigenvalue weighted by atomic mass is 32.1. The zero-order valence-electron chi connectivity index (χ0n) is 24.1. The van der Waals surface area contributed by atoms with E-state index in [9.17, 15) is 15.1 Å². The second-order valence-corrected chi connectivity index (χ2v) is 11.9. The summed E-state index contributed by atoms with van der Waals surface area (Å²) in [7, 11) is 0. The molecule has 7 heteroatoms. The zero-order valence-corrected chi connectivity index (χ0v) is 20.9. The summed E-state index contributed by atoms with van der Waals surface area (Å²) in [6.07, 6.45) is 5.50. The Morgan fingerprint density at radius 3 is 2.26 bits per heavy atom. The standard InChI is InChI=1S/C28H36N4O2S/c33-27-24-18-9-10-19(15-18)25(24)28(34)32(27)17-21-6-2-1-5-20(21)16-30-11-13-31(14-12-30)26-22-7-3-4-8-23(22)35-29-26/h3-4,7-8,18-21,24-25H,1-2,5-6,9-17H2/t18-,19+,20-,21-,24+,25-/m0/s1/i16D2,17D2. The Morgan fingerprint density at radius 1 is 0.886 bits per heavy atom. The quantitative estimate of drug-likeness (QED) is 0.579. The Hall–Kier alpha value is -1.99. The van der Waals surface area contributed by atoms with Gasteiger partial charge in [-0.1, -0.05) is 25.0 Å². The molecule has 5 fully saturated rings. The fourth-order valence-electron chi connectivity index (χ4n) is 7.52. The maximum absolute atomic E-state index is 13.5. The summed E-state index contributed by atoms with van der Waals surface area (Å²) in [5.41, 5.74) is 0. The number of anilines is 1. The molecular weight excluding hydrogens is 456 g/mol. The molecule has 7 rings (SSSR count). The molecule has 2 aliphatic heterocycles. The summed E-state index contributed by atoms with van der Waals surface area (Å²) in [5.74, 6) is -1.34. The Balaban J connectivity index is 1.10. The van der Waals surface area contributed by atoms with Crippen LogP contribution in [0.3, 0.4) is 0 Å². The SMILES string of the molecule is [2H]C([2H])([C@@H]1CCCC[C@H]1C([2H])([2H])N1C(=O)[C@@H]2[C@H]3CC[C@H](C3)[C@@H]2C1=O)N1CCN(c2nsc3ccccc23)CC1. The molecule has 2 saturated heterocycles. The molecule has 3 saturated carbocycles. The van der Waals surface area contributed by atoms with Crippen LogP contribution in [0.2, 0.25) is 0 Å². The van der Waals surface area contributed by atoms with Crippen LogP contribution in [0.4, 0.5) is 5.82 Å². The van der Waals surface area contributed by atoms with Crippen LogP contribution in [0, 0.1) is 35.5 Å². The first kappa shape index (κ1) is 18.3. The van der Waals surface area contributed by atoms with E-state index in [1.54, 1.807) is 0 Å². The molecular formula is C28H36N4O2S. The third-order valence-electron chi connectivity index (χ3n) is 9.27. The molecule has 6 nitrogen and oxygen atoms in total. The molecule has 0 spiro atoms. The van der Waals surface area contributed by atoms with Crippen LogP contribution in [0.1, 0.15) is 50.4 Å². The molecule has 1 aromatic carbocycles. The predicted octanol–water partition coefficient (Wildman–Crippen LogP) is 4.26. The number of benzene rings is 1. The van der Waals surface area contributed by atoms with E-state index >= 15 is 0 Å². The van der Waals surface area contributed by atoms with Crippen molar-refractivity contribution in [3.63, 3.8) is 0 Å². The molecule has 3 aliphatic carbocycles. The lowest BCUT2D eigenvalue weighted by Crippen LogP contribution is -2.49. The fourth-order valence-corrected chi connectivity index (χ4v) is 8.32. The highest BCUT2D eigenvalue weighted by molar-refractivity contribution is 7.13. The van der Waals surface area contributed by atoms with Gasteiger partial charge in [-0.3, -0.25) is 19.4 Å². The van der Waals surface area contributed by atoms with Gasteiger partial charge in [-0.25, -0.2) is 0 Å². The van der Waals surface area contributed by atoms with Gasteiger partial charge in [0.1, 0.15) is 5.82 Å². The third kappa shape index (κ3) is 3.72. The van der Waals surface area contributed by atoms with E-state index in [-0.39, 0.29) is 35.5 Å². The van der Waals surface area contributed by atoms with E-state index in [0.29, 0.717) is 39.0 Å². The number of imide groups is 1. The number of fused-ring (bicyclic) bond motifs is 6. The van der Waals surface area contributed by atoms with Crippen LogP contribution in [-0.4, -0.2) is 65.2 Å². The molecule has 35 heavy (non-hydrogen) atoms. The lowest BCUT2D eigenvalue weighted by Gasteiger charge is -2.40. The molecule has 0 unspecified atom stereocenters. The number of nitrogens with zero attached hydrogens (tertiary/aromatic N) is 4. The van der Waals surface area contributed by atoms with Crippen LogP contribution in [0.25, 0.3) is 10.1 Å². The van der Waals surface area contributed by atoms with E-state index < -0.39 is 24.8 Å². The van der Waals surface area contributed by atoms with Crippen molar-refractivity contribution >= 4 is 39.3 Å². The van der Waals surface area contributed by atoms with Gasteiger partial charge in [-0.05, 0) is 79.4 Å². The molecule has 0 N–H and O–H groups in total. The van der Waals surface area contributed by atoms with Gasteiger partial charge < -0.3 is 4.90 Å². The van der Waals surface area contributed by atoms with Crippen LogP contribution < -0.4 is 4.90 Å². The lowest BCUT2D eigenvalue weighted by molar-refractivity contribution is -0.142. The van der Waals surface area contributed by atoms with Crippen molar-refractivity contribution in [1.29, 1.82) is 0 Å². The van der Waals surface area contributed by atoms with Crippen molar-refractivity contribution in [3.05, 3.63) is 24.3 Å². The predicted molar refractivity (Wildman–Crippen MR) is 138 cm³/mol. The van der Waals surface area contributed by atoms with Crippen molar-refractivity contribution < 1.29 is 15.1 Å². The normalized spacial score (nSPS) is 37.9. The number of hydrogen-bond donors (Lipinski definition) is 0. The smallest absolute Gasteiger partial charge is 0.233 e. The molecule has 2 amide bonds. The van der Waals surface area contributed by atoms with Gasteiger partial charge in [-0.15, -0.1) is 0 Å². The molecule has 3 heterocycles. The summed E-state index contributed by atoms with van der Waals surface area (Å²) >= 11 is 1.48. The van der Waals surface area contributed by atoms with Gasteiger partial charge in [0, 0.05) is 47.3 Å². The van der Waals surface area contributed by atoms with Crippen molar-refractivity contribution in [2.24, 2.45) is 35.5 Å². The second kappa shape index (κ2) is 8.84. The first-order chi connectivity index (χ1) is 18.7. The number of likely N-dealkylation sites (tertiary alicyclic amines) is 1. The molecule has 186 valence electrons. The average Bonchev–Trinajstić information content (AvgIpc) is 3.72. The van der Waals surface area contributed by atoms with Crippen molar-refractivity contribution in [1.82, 2.24) is 14.2 Å². The number of carbonyl (C=O) groups is 2. The first-order valence-electron chi connectivity index (χ1n) is 15.4. The van der Waals surface area contributed by atoms with Crippen LogP contribution in [0.15, 0.2) is 24.3 Å². The minimum Gasteiger partial charge on any atom is -0.353 e. The number of piperazine rings is 1. The summed E-state index contributed by atoms with van der Waals surface area (Å²) in [4.78, 5) is 32.1. The van der Waals surface area contributed by atoms with Gasteiger partial charge in [0.25, 0.3) is 0 Å². The zero-order chi connectivity index (χ0) is 27.1.